The van der Waals surface area contributed by atoms with Crippen LogP contribution in [0.3, 0.4) is 0 Å². The molecule has 1 unspecified atom stereocenters. The van der Waals surface area contributed by atoms with Gasteiger partial charge in [-0.1, -0.05) is 18.2 Å². The van der Waals surface area contributed by atoms with Crippen molar-refractivity contribution in [3.05, 3.63) is 34.9 Å². The van der Waals surface area contributed by atoms with Gasteiger partial charge >= 0.3 is 0 Å². The highest BCUT2D eigenvalue weighted by Crippen LogP contribution is 2.23. The van der Waals surface area contributed by atoms with Gasteiger partial charge in [0.05, 0.1) is 5.25 Å². The van der Waals surface area contributed by atoms with E-state index in [4.69, 9.17) is 10.7 Å². The molecule has 0 bridgehead atoms. The first-order valence-electron chi connectivity index (χ1n) is 6.51. The van der Waals surface area contributed by atoms with Crippen molar-refractivity contribution in [1.29, 1.82) is 0 Å². The summed E-state index contributed by atoms with van der Waals surface area (Å²) in [5.74, 6) is 0. The van der Waals surface area contributed by atoms with E-state index >= 15 is 0 Å². The van der Waals surface area contributed by atoms with Crippen LogP contribution < -0.4 is 0 Å². The summed E-state index contributed by atoms with van der Waals surface area (Å²) in [6, 6.07) is 6.56. The monoisotopic (exact) mass is 286 g/mol. The molecule has 0 radical (unpaired) electrons. The van der Waals surface area contributed by atoms with Gasteiger partial charge in [0.15, 0.2) is 0 Å². The molecule has 18 heavy (non-hydrogen) atoms. The largest absolute Gasteiger partial charge is 0.235 e. The van der Waals surface area contributed by atoms with Crippen LogP contribution >= 0.6 is 10.7 Å². The summed E-state index contributed by atoms with van der Waals surface area (Å²) in [7, 11) is 1.92. The lowest BCUT2D eigenvalue weighted by Crippen LogP contribution is -2.12. The summed E-state index contributed by atoms with van der Waals surface area (Å²) in [6.45, 7) is 1.67. The molecule has 0 aliphatic heterocycles. The average Bonchev–Trinajstić information content (AvgIpc) is 2.34. The van der Waals surface area contributed by atoms with Crippen molar-refractivity contribution >= 4 is 19.7 Å². The number of hydrogen-bond acceptors (Lipinski definition) is 2. The van der Waals surface area contributed by atoms with Gasteiger partial charge in [-0.05, 0) is 62.1 Å². The molecule has 0 saturated heterocycles. The maximum Gasteiger partial charge on any atom is 0.235 e. The highest BCUT2D eigenvalue weighted by atomic mass is 35.7. The van der Waals surface area contributed by atoms with Crippen molar-refractivity contribution in [1.82, 2.24) is 0 Å². The predicted octanol–water partition coefficient (Wildman–Crippen LogP) is 3.46. The molecule has 1 aliphatic carbocycles. The quantitative estimate of drug-likeness (QED) is 0.795. The molecule has 1 aliphatic rings. The third kappa shape index (κ3) is 3.48. The molecule has 1 aromatic carbocycles. The van der Waals surface area contributed by atoms with Gasteiger partial charge < -0.3 is 0 Å². The van der Waals surface area contributed by atoms with E-state index in [2.05, 4.69) is 18.2 Å². The number of fused-ring (bicyclic) bond motifs is 1. The van der Waals surface area contributed by atoms with Crippen molar-refractivity contribution in [2.75, 3.05) is 0 Å². The van der Waals surface area contributed by atoms with Crippen LogP contribution in [0.2, 0.25) is 0 Å². The predicted molar refractivity (Wildman–Crippen MR) is 75.6 cm³/mol. The number of rotatable bonds is 4. The molecule has 0 spiro atoms. The van der Waals surface area contributed by atoms with Gasteiger partial charge in [-0.3, -0.25) is 0 Å². The second-order valence-electron chi connectivity index (χ2n) is 5.14. The van der Waals surface area contributed by atoms with E-state index in [-0.39, 0.29) is 0 Å². The smallest absolute Gasteiger partial charge is 0.212 e. The molecule has 2 nitrogen and oxygen atoms in total. The molecule has 1 aromatic rings. The first kappa shape index (κ1) is 13.9. The third-order valence-corrected chi connectivity index (χ3v) is 5.84. The molecular weight excluding hydrogens is 268 g/mol. The Morgan fingerprint density at radius 2 is 1.89 bits per heavy atom. The van der Waals surface area contributed by atoms with Crippen LogP contribution in [0, 0.1) is 0 Å². The van der Waals surface area contributed by atoms with Gasteiger partial charge in [0, 0.05) is 10.7 Å². The van der Waals surface area contributed by atoms with E-state index in [0.29, 0.717) is 6.42 Å². The average molecular weight is 287 g/mol. The molecule has 1 atom stereocenters. The van der Waals surface area contributed by atoms with Crippen LogP contribution in [-0.4, -0.2) is 13.7 Å². The Labute approximate surface area is 114 Å². The fourth-order valence-corrected chi connectivity index (χ4v) is 3.12. The highest BCUT2D eigenvalue weighted by molar-refractivity contribution is 8.14. The van der Waals surface area contributed by atoms with Crippen molar-refractivity contribution in [3.63, 3.8) is 0 Å². The van der Waals surface area contributed by atoms with E-state index in [1.165, 1.54) is 36.0 Å². The van der Waals surface area contributed by atoms with Crippen molar-refractivity contribution in [2.24, 2.45) is 0 Å². The lowest BCUT2D eigenvalue weighted by molar-refractivity contribution is 0.591. The van der Waals surface area contributed by atoms with Gasteiger partial charge in [-0.25, -0.2) is 8.42 Å². The number of halogens is 1. The molecule has 100 valence electrons. The Morgan fingerprint density at radius 1 is 1.22 bits per heavy atom. The Hall–Kier alpha value is -0.540. The minimum Gasteiger partial charge on any atom is -0.212 e. The summed E-state index contributed by atoms with van der Waals surface area (Å²) in [6.07, 6.45) is 6.26. The summed E-state index contributed by atoms with van der Waals surface area (Å²) in [4.78, 5) is 0. The van der Waals surface area contributed by atoms with E-state index in [1.54, 1.807) is 6.92 Å². The zero-order chi connectivity index (χ0) is 13.2. The van der Waals surface area contributed by atoms with E-state index in [9.17, 15) is 8.42 Å². The van der Waals surface area contributed by atoms with Crippen LogP contribution in [0.1, 0.15) is 42.9 Å². The van der Waals surface area contributed by atoms with E-state index in [0.717, 1.165) is 12.8 Å². The van der Waals surface area contributed by atoms with Crippen LogP contribution in [0.5, 0.6) is 0 Å². The summed E-state index contributed by atoms with van der Waals surface area (Å²) < 4.78 is 22.3. The van der Waals surface area contributed by atoms with Crippen molar-refractivity contribution < 1.29 is 8.42 Å². The molecule has 0 heterocycles. The SMILES string of the molecule is CC(CCc1ccc2c(c1)CCCC2)S(=O)(=O)Cl. The first-order valence-corrected chi connectivity index (χ1v) is 8.88. The fourth-order valence-electron chi connectivity index (χ4n) is 2.45. The number of benzene rings is 1. The Morgan fingerprint density at radius 3 is 2.56 bits per heavy atom. The summed E-state index contributed by atoms with van der Waals surface area (Å²) >= 11 is 0. The molecule has 0 fully saturated rings. The van der Waals surface area contributed by atoms with Crippen molar-refractivity contribution in [2.45, 2.75) is 50.7 Å². The zero-order valence-electron chi connectivity index (χ0n) is 10.7. The van der Waals surface area contributed by atoms with Crippen LogP contribution in [-0.2, 0) is 28.3 Å². The molecule has 0 aromatic heterocycles. The molecule has 4 heteroatoms. The highest BCUT2D eigenvalue weighted by Gasteiger charge is 2.17. The van der Waals surface area contributed by atoms with Gasteiger partial charge in [-0.15, -0.1) is 0 Å². The second-order valence-corrected chi connectivity index (χ2v) is 8.18. The summed E-state index contributed by atoms with van der Waals surface area (Å²) in [5, 5.41) is -0.477. The van der Waals surface area contributed by atoms with E-state index < -0.39 is 14.3 Å². The zero-order valence-corrected chi connectivity index (χ0v) is 12.2. The minimum atomic E-state index is -3.42. The molecule has 2 rings (SSSR count). The lowest BCUT2D eigenvalue weighted by Gasteiger charge is -2.17. The maximum absolute atomic E-state index is 11.2. The van der Waals surface area contributed by atoms with Crippen LogP contribution in [0.15, 0.2) is 18.2 Å². The topological polar surface area (TPSA) is 34.1 Å². The van der Waals surface area contributed by atoms with Gasteiger partial charge in [0.2, 0.25) is 9.05 Å². The normalized spacial score (nSPS) is 17.2. The summed E-state index contributed by atoms with van der Waals surface area (Å²) in [5.41, 5.74) is 4.13. The van der Waals surface area contributed by atoms with Gasteiger partial charge in [0.25, 0.3) is 0 Å². The Kier molecular flexibility index (Phi) is 4.33. The number of aryl methyl sites for hydroxylation is 3. The molecular formula is C14H19ClO2S. The minimum absolute atomic E-state index is 0.477. The van der Waals surface area contributed by atoms with Gasteiger partial charge in [-0.2, -0.15) is 0 Å². The Bertz CT molecular complexity index is 523. The molecule has 0 amide bonds. The van der Waals surface area contributed by atoms with Gasteiger partial charge in [0.1, 0.15) is 0 Å². The van der Waals surface area contributed by atoms with Crippen LogP contribution in [0.25, 0.3) is 0 Å². The second kappa shape index (κ2) is 5.62. The number of hydrogen-bond donors (Lipinski definition) is 0. The lowest BCUT2D eigenvalue weighted by atomic mass is 9.89. The fraction of sp³-hybridized carbons (Fsp3) is 0.571. The maximum atomic E-state index is 11.2. The standard InChI is InChI=1S/C14H19ClO2S/c1-11(18(15,16)17)6-7-12-8-9-13-4-2-3-5-14(13)10-12/h8-11H,2-7H2,1H3. The van der Waals surface area contributed by atoms with Crippen molar-refractivity contribution in [3.8, 4) is 0 Å². The molecule has 0 N–H and O–H groups in total. The molecule has 0 saturated carbocycles. The third-order valence-electron chi connectivity index (χ3n) is 3.73. The first-order chi connectivity index (χ1) is 8.47. The van der Waals surface area contributed by atoms with E-state index in [1.807, 2.05) is 0 Å². The van der Waals surface area contributed by atoms with Crippen LogP contribution in [0.4, 0.5) is 0 Å². The Balaban J connectivity index is 2.02.